The molecule has 1 amide bonds. The number of nitrogens with zero attached hydrogens (tertiary/aromatic N) is 3. The number of carbonyl (C=O) groups excluding carboxylic acids is 1. The third-order valence-electron chi connectivity index (χ3n) is 4.26. The number of aliphatic hydroxyl groups is 1. The minimum atomic E-state index is -0.520. The molecule has 1 fully saturated rings. The molecule has 2 rings (SSSR count). The van der Waals surface area contributed by atoms with E-state index in [4.69, 9.17) is 0 Å². The summed E-state index contributed by atoms with van der Waals surface area (Å²) in [5, 5.41) is 10.2. The maximum absolute atomic E-state index is 12.4. The van der Waals surface area contributed by atoms with Gasteiger partial charge in [0.2, 0.25) is 0 Å². The van der Waals surface area contributed by atoms with Gasteiger partial charge in [-0.25, -0.2) is 0 Å². The lowest BCUT2D eigenvalue weighted by Crippen LogP contribution is -2.49. The van der Waals surface area contributed by atoms with Crippen LogP contribution < -0.4 is 0 Å². The molecule has 0 bridgehead atoms. The van der Waals surface area contributed by atoms with E-state index in [1.165, 1.54) is 0 Å². The maximum atomic E-state index is 12.4. The summed E-state index contributed by atoms with van der Waals surface area (Å²) in [5.74, 6) is -0.0666. The van der Waals surface area contributed by atoms with Crippen molar-refractivity contribution in [3.63, 3.8) is 0 Å². The first-order valence-electron chi connectivity index (χ1n) is 7.87. The Morgan fingerprint density at radius 3 is 2.55 bits per heavy atom. The van der Waals surface area contributed by atoms with Crippen LogP contribution in [0.25, 0.3) is 0 Å². The maximum Gasteiger partial charge on any atom is 0.270 e. The minimum absolute atomic E-state index is 0.0666. The molecule has 124 valence electrons. The molecule has 1 aromatic rings. The molecule has 1 aliphatic rings. The highest BCUT2D eigenvalue weighted by Crippen LogP contribution is 2.11. The Bertz CT molecular complexity index is 506. The van der Waals surface area contributed by atoms with Crippen molar-refractivity contribution in [2.75, 3.05) is 53.4 Å². The van der Waals surface area contributed by atoms with Crippen molar-refractivity contribution in [3.05, 3.63) is 23.0 Å². The highest BCUT2D eigenvalue weighted by Gasteiger charge is 2.21. The van der Waals surface area contributed by atoms with E-state index in [0.29, 0.717) is 18.8 Å². The Balaban J connectivity index is 1.84. The van der Waals surface area contributed by atoms with Crippen molar-refractivity contribution in [1.82, 2.24) is 19.7 Å². The first-order chi connectivity index (χ1) is 10.4. The normalized spacial score (nSPS) is 18.4. The molecule has 1 aromatic heterocycles. The summed E-state index contributed by atoms with van der Waals surface area (Å²) < 4.78 is 0. The highest BCUT2D eigenvalue weighted by molar-refractivity contribution is 5.93. The van der Waals surface area contributed by atoms with Gasteiger partial charge in [-0.05, 0) is 32.5 Å². The first-order valence-corrected chi connectivity index (χ1v) is 7.87. The fourth-order valence-corrected chi connectivity index (χ4v) is 2.93. The third kappa shape index (κ3) is 4.32. The van der Waals surface area contributed by atoms with Crippen molar-refractivity contribution in [3.8, 4) is 0 Å². The molecule has 0 saturated carbocycles. The number of carbonyl (C=O) groups is 1. The molecule has 0 aromatic carbocycles. The summed E-state index contributed by atoms with van der Waals surface area (Å²) in [5.41, 5.74) is 2.54. The van der Waals surface area contributed by atoms with Gasteiger partial charge in [0.15, 0.2) is 0 Å². The van der Waals surface area contributed by atoms with Gasteiger partial charge in [-0.3, -0.25) is 9.69 Å². The Morgan fingerprint density at radius 2 is 2.00 bits per heavy atom. The SMILES string of the molecule is Cc1cc(C)c(C(=O)N(C)CC(O)CN2CCN(C)CC2)[nH]1. The summed E-state index contributed by atoms with van der Waals surface area (Å²) in [6, 6.07) is 1.96. The molecule has 0 aliphatic carbocycles. The molecule has 1 atom stereocenters. The van der Waals surface area contributed by atoms with Crippen LogP contribution in [-0.2, 0) is 0 Å². The second kappa shape index (κ2) is 7.26. The number of β-amino-alcohol motifs (C(OH)–C–C–N with tert-alkyl or cyclic N) is 1. The zero-order valence-corrected chi connectivity index (χ0v) is 14.1. The van der Waals surface area contributed by atoms with E-state index in [1.807, 2.05) is 19.9 Å². The fraction of sp³-hybridized carbons (Fsp3) is 0.688. The number of likely N-dealkylation sites (N-methyl/N-ethyl adjacent to an activating group) is 2. The fourth-order valence-electron chi connectivity index (χ4n) is 2.93. The molecule has 22 heavy (non-hydrogen) atoms. The molecule has 1 aliphatic heterocycles. The van der Waals surface area contributed by atoms with E-state index >= 15 is 0 Å². The third-order valence-corrected chi connectivity index (χ3v) is 4.26. The van der Waals surface area contributed by atoms with Gasteiger partial charge in [0.1, 0.15) is 5.69 Å². The van der Waals surface area contributed by atoms with Crippen LogP contribution in [0.4, 0.5) is 0 Å². The molecule has 2 heterocycles. The highest BCUT2D eigenvalue weighted by atomic mass is 16.3. The number of hydrogen-bond acceptors (Lipinski definition) is 4. The predicted octanol–water partition coefficient (Wildman–Crippen LogP) is 0.312. The molecule has 1 unspecified atom stereocenters. The Hall–Kier alpha value is -1.37. The second-order valence-electron chi connectivity index (χ2n) is 6.45. The number of piperazine rings is 1. The van der Waals surface area contributed by atoms with Gasteiger partial charge in [0.05, 0.1) is 6.10 Å². The van der Waals surface area contributed by atoms with Gasteiger partial charge in [0, 0.05) is 52.0 Å². The average molecular weight is 308 g/mol. The number of hydrogen-bond donors (Lipinski definition) is 2. The number of nitrogens with one attached hydrogen (secondary N) is 1. The zero-order valence-electron chi connectivity index (χ0n) is 14.1. The van der Waals surface area contributed by atoms with E-state index < -0.39 is 6.10 Å². The molecular weight excluding hydrogens is 280 g/mol. The predicted molar refractivity (Wildman–Crippen MR) is 87.2 cm³/mol. The summed E-state index contributed by atoms with van der Waals surface area (Å²) in [4.78, 5) is 21.6. The topological polar surface area (TPSA) is 62.8 Å². The van der Waals surface area contributed by atoms with E-state index in [0.717, 1.165) is 37.4 Å². The van der Waals surface area contributed by atoms with E-state index in [1.54, 1.807) is 11.9 Å². The number of amides is 1. The number of H-pyrrole nitrogens is 1. The van der Waals surface area contributed by atoms with Crippen molar-refractivity contribution in [2.24, 2.45) is 0 Å². The molecule has 6 nitrogen and oxygen atoms in total. The molecule has 2 N–H and O–H groups in total. The van der Waals surface area contributed by atoms with Crippen molar-refractivity contribution >= 4 is 5.91 Å². The number of aliphatic hydroxyl groups excluding tert-OH is 1. The lowest BCUT2D eigenvalue weighted by atomic mass is 10.2. The van der Waals surface area contributed by atoms with Crippen LogP contribution >= 0.6 is 0 Å². The first kappa shape index (κ1) is 17.0. The van der Waals surface area contributed by atoms with Crippen molar-refractivity contribution in [2.45, 2.75) is 20.0 Å². The second-order valence-corrected chi connectivity index (χ2v) is 6.45. The van der Waals surface area contributed by atoms with Gasteiger partial charge in [-0.15, -0.1) is 0 Å². The summed E-state index contributed by atoms with van der Waals surface area (Å²) in [7, 11) is 3.85. The van der Waals surface area contributed by atoms with E-state index in [9.17, 15) is 9.90 Å². The largest absolute Gasteiger partial charge is 0.390 e. The molecule has 0 spiro atoms. The monoisotopic (exact) mass is 308 g/mol. The zero-order chi connectivity index (χ0) is 16.3. The van der Waals surface area contributed by atoms with Crippen LogP contribution in [0.15, 0.2) is 6.07 Å². The summed E-state index contributed by atoms with van der Waals surface area (Å²) in [6.45, 7) is 8.83. The van der Waals surface area contributed by atoms with Crippen LogP contribution in [0.5, 0.6) is 0 Å². The van der Waals surface area contributed by atoms with Crippen molar-refractivity contribution in [1.29, 1.82) is 0 Å². The Kier molecular flexibility index (Phi) is 5.61. The summed E-state index contributed by atoms with van der Waals surface area (Å²) >= 11 is 0. The van der Waals surface area contributed by atoms with Gasteiger partial charge in [0.25, 0.3) is 5.91 Å². The number of aromatic nitrogens is 1. The molecule has 1 saturated heterocycles. The average Bonchev–Trinajstić information content (AvgIpc) is 2.79. The van der Waals surface area contributed by atoms with Crippen LogP contribution in [0, 0.1) is 13.8 Å². The van der Waals surface area contributed by atoms with E-state index in [2.05, 4.69) is 21.8 Å². The summed E-state index contributed by atoms with van der Waals surface area (Å²) in [6.07, 6.45) is -0.520. The van der Waals surface area contributed by atoms with Crippen LogP contribution in [0.1, 0.15) is 21.7 Å². The van der Waals surface area contributed by atoms with Gasteiger partial charge in [-0.2, -0.15) is 0 Å². The Morgan fingerprint density at radius 1 is 1.36 bits per heavy atom. The van der Waals surface area contributed by atoms with Crippen LogP contribution in [-0.4, -0.2) is 90.2 Å². The quantitative estimate of drug-likeness (QED) is 0.822. The Labute approximate surface area is 132 Å². The van der Waals surface area contributed by atoms with Crippen LogP contribution in [0.2, 0.25) is 0 Å². The number of rotatable bonds is 5. The number of aromatic amines is 1. The smallest absolute Gasteiger partial charge is 0.270 e. The van der Waals surface area contributed by atoms with Gasteiger partial charge in [-0.1, -0.05) is 0 Å². The van der Waals surface area contributed by atoms with Crippen LogP contribution in [0.3, 0.4) is 0 Å². The van der Waals surface area contributed by atoms with Gasteiger partial charge < -0.3 is 19.9 Å². The number of aryl methyl sites for hydroxylation is 2. The lowest BCUT2D eigenvalue weighted by Gasteiger charge is -2.34. The standard InChI is InChI=1S/C16H28N4O2/c1-12-9-13(2)17-15(12)16(22)19(4)10-14(21)11-20-7-5-18(3)6-8-20/h9,14,17,21H,5-8,10-11H2,1-4H3. The molecular formula is C16H28N4O2. The lowest BCUT2D eigenvalue weighted by molar-refractivity contribution is 0.0498. The molecule has 6 heteroatoms. The van der Waals surface area contributed by atoms with E-state index in [-0.39, 0.29) is 5.91 Å². The van der Waals surface area contributed by atoms with Crippen molar-refractivity contribution < 1.29 is 9.90 Å². The minimum Gasteiger partial charge on any atom is -0.390 e. The van der Waals surface area contributed by atoms with Gasteiger partial charge >= 0.3 is 0 Å². The molecule has 0 radical (unpaired) electrons.